The largest absolute Gasteiger partial charge is 0.337 e. The summed E-state index contributed by atoms with van der Waals surface area (Å²) in [6.07, 6.45) is 3.14. The maximum atomic E-state index is 12.6. The molecule has 5 nitrogen and oxygen atoms in total. The lowest BCUT2D eigenvalue weighted by atomic mass is 10.2. The lowest BCUT2D eigenvalue weighted by Gasteiger charge is -2.33. The highest BCUT2D eigenvalue weighted by Crippen LogP contribution is 2.23. The number of hydrogen-bond acceptors (Lipinski definition) is 3. The molecule has 0 atom stereocenters. The number of benzene rings is 2. The van der Waals surface area contributed by atoms with Crippen LogP contribution in [0, 0.1) is 0 Å². The van der Waals surface area contributed by atoms with E-state index in [0.29, 0.717) is 36.2 Å². The summed E-state index contributed by atoms with van der Waals surface area (Å²) in [5, 5.41) is 0.881. The fraction of sp³-hybridized carbons (Fsp3) is 0.250. The standard InChI is InChI=1S/C20H20Cl2N2O3S/c21-18-8-6-16(14-19(18)22)7-9-20(25)23-10-12-24(13-11-23)28(26,27)15-17-4-2-1-3-5-17/h1-9,14H,10-13,15H2/b9-7+. The average molecular weight is 439 g/mol. The molecular formula is C20H20Cl2N2O3S. The van der Waals surface area contributed by atoms with Crippen LogP contribution >= 0.6 is 23.2 Å². The Labute approximate surface area is 175 Å². The molecule has 1 aliphatic rings. The normalized spacial score (nSPS) is 15.9. The van der Waals surface area contributed by atoms with Crippen LogP contribution in [0.5, 0.6) is 0 Å². The molecule has 148 valence electrons. The van der Waals surface area contributed by atoms with Gasteiger partial charge in [-0.1, -0.05) is 59.6 Å². The molecule has 0 N–H and O–H groups in total. The van der Waals surface area contributed by atoms with Crippen LogP contribution in [0.1, 0.15) is 11.1 Å². The fourth-order valence-electron chi connectivity index (χ4n) is 2.95. The minimum absolute atomic E-state index is 0.0288. The van der Waals surface area contributed by atoms with Gasteiger partial charge < -0.3 is 4.90 Å². The van der Waals surface area contributed by atoms with Crippen LogP contribution in [0.2, 0.25) is 10.0 Å². The first-order chi connectivity index (χ1) is 13.3. The molecule has 0 bridgehead atoms. The van der Waals surface area contributed by atoms with Crippen molar-refractivity contribution in [3.05, 3.63) is 75.8 Å². The quantitative estimate of drug-likeness (QED) is 0.668. The number of piperazine rings is 1. The molecule has 3 rings (SSSR count). The molecular weight excluding hydrogens is 419 g/mol. The summed E-state index contributed by atoms with van der Waals surface area (Å²) >= 11 is 11.9. The third kappa shape index (κ3) is 5.35. The molecule has 1 aliphatic heterocycles. The lowest BCUT2D eigenvalue weighted by Crippen LogP contribution is -2.50. The van der Waals surface area contributed by atoms with E-state index in [1.807, 2.05) is 18.2 Å². The van der Waals surface area contributed by atoms with E-state index in [-0.39, 0.29) is 11.7 Å². The second kappa shape index (κ2) is 9.09. The third-order valence-electron chi connectivity index (χ3n) is 4.50. The van der Waals surface area contributed by atoms with E-state index in [0.717, 1.165) is 11.1 Å². The van der Waals surface area contributed by atoms with Crippen LogP contribution < -0.4 is 0 Å². The third-order valence-corrected chi connectivity index (χ3v) is 7.09. The molecule has 28 heavy (non-hydrogen) atoms. The van der Waals surface area contributed by atoms with E-state index in [4.69, 9.17) is 23.2 Å². The number of nitrogens with zero attached hydrogens (tertiary/aromatic N) is 2. The summed E-state index contributed by atoms with van der Waals surface area (Å²) in [5.41, 5.74) is 1.53. The number of carbonyl (C=O) groups is 1. The van der Waals surface area contributed by atoms with Gasteiger partial charge in [-0.2, -0.15) is 4.31 Å². The van der Waals surface area contributed by atoms with E-state index in [1.165, 1.54) is 10.4 Å². The minimum atomic E-state index is -3.40. The summed E-state index contributed by atoms with van der Waals surface area (Å²) in [6, 6.07) is 14.2. The highest BCUT2D eigenvalue weighted by Gasteiger charge is 2.28. The molecule has 0 radical (unpaired) electrons. The van der Waals surface area contributed by atoms with Crippen molar-refractivity contribution in [2.45, 2.75) is 5.75 Å². The molecule has 1 fully saturated rings. The van der Waals surface area contributed by atoms with Crippen LogP contribution in [-0.4, -0.2) is 49.7 Å². The van der Waals surface area contributed by atoms with E-state index in [9.17, 15) is 13.2 Å². The van der Waals surface area contributed by atoms with Crippen LogP contribution in [0.25, 0.3) is 6.08 Å². The zero-order valence-corrected chi connectivity index (χ0v) is 17.4. The number of hydrogen-bond donors (Lipinski definition) is 0. The fourth-order valence-corrected chi connectivity index (χ4v) is 4.77. The van der Waals surface area contributed by atoms with Gasteiger partial charge in [-0.25, -0.2) is 8.42 Å². The van der Waals surface area contributed by atoms with Gasteiger partial charge in [-0.3, -0.25) is 4.79 Å². The topological polar surface area (TPSA) is 57.7 Å². The Morgan fingerprint density at radius 3 is 2.29 bits per heavy atom. The molecule has 8 heteroatoms. The summed E-state index contributed by atoms with van der Waals surface area (Å²) in [7, 11) is -3.40. The van der Waals surface area contributed by atoms with Gasteiger partial charge in [0.25, 0.3) is 0 Å². The molecule has 1 heterocycles. The Balaban J connectivity index is 1.56. The Morgan fingerprint density at radius 2 is 1.64 bits per heavy atom. The Hall–Kier alpha value is -1.86. The first-order valence-corrected chi connectivity index (χ1v) is 11.2. The van der Waals surface area contributed by atoms with Gasteiger partial charge in [0.15, 0.2) is 0 Å². The van der Waals surface area contributed by atoms with E-state index >= 15 is 0 Å². The zero-order chi connectivity index (χ0) is 20.1. The SMILES string of the molecule is O=C(/C=C/c1ccc(Cl)c(Cl)c1)N1CCN(S(=O)(=O)Cc2ccccc2)CC1. The van der Waals surface area contributed by atoms with Gasteiger partial charge in [0, 0.05) is 32.3 Å². The summed E-state index contributed by atoms with van der Waals surface area (Å²) in [4.78, 5) is 14.0. The maximum absolute atomic E-state index is 12.6. The van der Waals surface area contributed by atoms with Crippen molar-refractivity contribution in [1.29, 1.82) is 0 Å². The molecule has 1 saturated heterocycles. The number of rotatable bonds is 5. The van der Waals surface area contributed by atoms with E-state index in [1.54, 1.807) is 41.3 Å². The molecule has 0 saturated carbocycles. The molecule has 2 aromatic carbocycles. The van der Waals surface area contributed by atoms with Crippen LogP contribution in [0.15, 0.2) is 54.6 Å². The summed E-state index contributed by atoms with van der Waals surface area (Å²) < 4.78 is 26.6. The van der Waals surface area contributed by atoms with E-state index in [2.05, 4.69) is 0 Å². The zero-order valence-electron chi connectivity index (χ0n) is 15.1. The van der Waals surface area contributed by atoms with Crippen LogP contribution in [0.4, 0.5) is 0 Å². The molecule has 0 aromatic heterocycles. The molecule has 2 aromatic rings. The van der Waals surface area contributed by atoms with Gasteiger partial charge in [0.05, 0.1) is 15.8 Å². The van der Waals surface area contributed by atoms with Crippen molar-refractivity contribution in [3.63, 3.8) is 0 Å². The number of carbonyl (C=O) groups excluding carboxylic acids is 1. The Kier molecular flexibility index (Phi) is 6.78. The second-order valence-electron chi connectivity index (χ2n) is 6.47. The molecule has 0 aliphatic carbocycles. The number of sulfonamides is 1. The van der Waals surface area contributed by atoms with Crippen molar-refractivity contribution in [3.8, 4) is 0 Å². The van der Waals surface area contributed by atoms with Crippen LogP contribution in [-0.2, 0) is 20.6 Å². The van der Waals surface area contributed by atoms with Gasteiger partial charge in [-0.15, -0.1) is 0 Å². The van der Waals surface area contributed by atoms with Gasteiger partial charge in [-0.05, 0) is 29.3 Å². The average Bonchev–Trinajstić information content (AvgIpc) is 2.69. The van der Waals surface area contributed by atoms with Crippen LogP contribution in [0.3, 0.4) is 0 Å². The monoisotopic (exact) mass is 438 g/mol. The van der Waals surface area contributed by atoms with Crippen molar-refractivity contribution >= 4 is 45.2 Å². The first-order valence-electron chi connectivity index (χ1n) is 8.79. The first kappa shape index (κ1) is 20.9. The highest BCUT2D eigenvalue weighted by atomic mass is 35.5. The highest BCUT2D eigenvalue weighted by molar-refractivity contribution is 7.88. The summed E-state index contributed by atoms with van der Waals surface area (Å²) in [6.45, 7) is 1.31. The Bertz CT molecular complexity index is 970. The van der Waals surface area contributed by atoms with Crippen molar-refractivity contribution in [2.24, 2.45) is 0 Å². The predicted molar refractivity (Wildman–Crippen MR) is 113 cm³/mol. The van der Waals surface area contributed by atoms with Crippen molar-refractivity contribution < 1.29 is 13.2 Å². The Morgan fingerprint density at radius 1 is 0.964 bits per heavy atom. The minimum Gasteiger partial charge on any atom is -0.337 e. The molecule has 0 spiro atoms. The lowest BCUT2D eigenvalue weighted by molar-refractivity contribution is -0.127. The number of amides is 1. The van der Waals surface area contributed by atoms with Gasteiger partial charge in [0.1, 0.15) is 0 Å². The van der Waals surface area contributed by atoms with Crippen molar-refractivity contribution in [2.75, 3.05) is 26.2 Å². The van der Waals surface area contributed by atoms with Gasteiger partial charge >= 0.3 is 0 Å². The van der Waals surface area contributed by atoms with Gasteiger partial charge in [0.2, 0.25) is 15.9 Å². The van der Waals surface area contributed by atoms with Crippen molar-refractivity contribution in [1.82, 2.24) is 9.21 Å². The van der Waals surface area contributed by atoms with E-state index < -0.39 is 10.0 Å². The summed E-state index contributed by atoms with van der Waals surface area (Å²) in [5.74, 6) is -0.190. The second-order valence-corrected chi connectivity index (χ2v) is 9.26. The molecule has 1 amide bonds. The molecule has 0 unspecified atom stereocenters. The number of halogens is 2. The maximum Gasteiger partial charge on any atom is 0.246 e. The predicted octanol–water partition coefficient (Wildman–Crippen LogP) is 3.68. The smallest absolute Gasteiger partial charge is 0.246 e.